The van der Waals surface area contributed by atoms with E-state index in [0.717, 1.165) is 0 Å². The molecule has 0 aromatic carbocycles. The first-order chi connectivity index (χ1) is 6.41. The van der Waals surface area contributed by atoms with E-state index < -0.39 is 12.3 Å². The molecule has 6 heteroatoms. The van der Waals surface area contributed by atoms with Crippen LogP contribution in [0.4, 0.5) is 13.2 Å². The molecule has 1 aromatic heterocycles. The molecule has 1 aromatic rings. The van der Waals surface area contributed by atoms with Gasteiger partial charge in [-0.25, -0.2) is 4.98 Å². The van der Waals surface area contributed by atoms with Crippen molar-refractivity contribution in [1.82, 2.24) is 9.55 Å². The standard InChI is InChI=1S/C8H11F3N2O/c1-13-5-4-12-7(13)3-2-6(14)8(9,10)11/h4-6,14H,2-3H2,1H3. The lowest BCUT2D eigenvalue weighted by atomic mass is 10.2. The van der Waals surface area contributed by atoms with Crippen LogP contribution in [0.5, 0.6) is 0 Å². The molecule has 0 amide bonds. The summed E-state index contributed by atoms with van der Waals surface area (Å²) in [7, 11) is 1.70. The minimum atomic E-state index is -4.54. The summed E-state index contributed by atoms with van der Waals surface area (Å²) in [5.74, 6) is 0.535. The van der Waals surface area contributed by atoms with Gasteiger partial charge in [0.05, 0.1) is 0 Å². The van der Waals surface area contributed by atoms with Gasteiger partial charge in [-0.15, -0.1) is 0 Å². The van der Waals surface area contributed by atoms with Gasteiger partial charge in [0.2, 0.25) is 0 Å². The van der Waals surface area contributed by atoms with Crippen LogP contribution < -0.4 is 0 Å². The van der Waals surface area contributed by atoms with Gasteiger partial charge in [-0.2, -0.15) is 13.2 Å². The smallest absolute Gasteiger partial charge is 0.384 e. The zero-order valence-corrected chi connectivity index (χ0v) is 7.62. The third-order valence-corrected chi connectivity index (χ3v) is 1.94. The molecule has 0 radical (unpaired) electrons. The minimum Gasteiger partial charge on any atom is -0.384 e. The van der Waals surface area contributed by atoms with E-state index in [1.807, 2.05) is 0 Å². The molecule has 0 saturated carbocycles. The normalized spacial score (nSPS) is 14.4. The fourth-order valence-electron chi connectivity index (χ4n) is 1.07. The molecule has 0 aliphatic carbocycles. The van der Waals surface area contributed by atoms with Gasteiger partial charge in [-0.3, -0.25) is 0 Å². The fourth-order valence-corrected chi connectivity index (χ4v) is 1.07. The van der Waals surface area contributed by atoms with Crippen molar-refractivity contribution in [2.45, 2.75) is 25.1 Å². The number of rotatable bonds is 3. The first kappa shape index (κ1) is 11.0. The van der Waals surface area contributed by atoms with E-state index in [1.165, 1.54) is 6.20 Å². The van der Waals surface area contributed by atoms with Gasteiger partial charge in [0, 0.05) is 25.9 Å². The Balaban J connectivity index is 2.46. The van der Waals surface area contributed by atoms with Crippen LogP contribution in [-0.2, 0) is 13.5 Å². The van der Waals surface area contributed by atoms with Crippen LogP contribution in [-0.4, -0.2) is 26.9 Å². The number of aromatic nitrogens is 2. The van der Waals surface area contributed by atoms with Crippen LogP contribution in [0.1, 0.15) is 12.2 Å². The summed E-state index contributed by atoms with van der Waals surface area (Å²) in [5, 5.41) is 8.71. The Morgan fingerprint density at radius 1 is 1.57 bits per heavy atom. The maximum absolute atomic E-state index is 11.9. The van der Waals surface area contributed by atoms with Crippen molar-refractivity contribution in [3.8, 4) is 0 Å². The van der Waals surface area contributed by atoms with Crippen LogP contribution >= 0.6 is 0 Å². The summed E-state index contributed by atoms with van der Waals surface area (Å²) >= 11 is 0. The van der Waals surface area contributed by atoms with Crippen LogP contribution in [0.2, 0.25) is 0 Å². The van der Waals surface area contributed by atoms with Gasteiger partial charge in [0.25, 0.3) is 0 Å². The quantitative estimate of drug-likeness (QED) is 0.812. The summed E-state index contributed by atoms with van der Waals surface area (Å²) in [5.41, 5.74) is 0. The van der Waals surface area contributed by atoms with Gasteiger partial charge >= 0.3 is 6.18 Å². The molecule has 0 spiro atoms. The topological polar surface area (TPSA) is 38.0 Å². The molecule has 0 bridgehead atoms. The van der Waals surface area contributed by atoms with Crippen LogP contribution in [0.15, 0.2) is 12.4 Å². The van der Waals surface area contributed by atoms with E-state index in [-0.39, 0.29) is 12.8 Å². The van der Waals surface area contributed by atoms with Gasteiger partial charge in [-0.1, -0.05) is 0 Å². The Morgan fingerprint density at radius 3 is 2.64 bits per heavy atom. The molecule has 80 valence electrons. The van der Waals surface area contributed by atoms with Gasteiger partial charge in [0.1, 0.15) is 11.9 Å². The number of aliphatic hydroxyl groups is 1. The number of aryl methyl sites for hydroxylation is 2. The van der Waals surface area contributed by atoms with Gasteiger partial charge in [0.15, 0.2) is 0 Å². The zero-order valence-electron chi connectivity index (χ0n) is 7.62. The second-order valence-corrected chi connectivity index (χ2v) is 3.05. The summed E-state index contributed by atoms with van der Waals surface area (Å²) < 4.78 is 37.3. The van der Waals surface area contributed by atoms with Crippen molar-refractivity contribution in [2.75, 3.05) is 0 Å². The lowest BCUT2D eigenvalue weighted by Crippen LogP contribution is -2.29. The molecule has 1 rings (SSSR count). The summed E-state index contributed by atoms with van der Waals surface area (Å²) in [4.78, 5) is 3.85. The largest absolute Gasteiger partial charge is 0.414 e. The summed E-state index contributed by atoms with van der Waals surface area (Å²) in [6.07, 6.45) is -3.88. The second-order valence-electron chi connectivity index (χ2n) is 3.05. The van der Waals surface area contributed by atoms with Gasteiger partial charge < -0.3 is 9.67 Å². The van der Waals surface area contributed by atoms with Crippen molar-refractivity contribution in [3.63, 3.8) is 0 Å². The van der Waals surface area contributed by atoms with Crippen molar-refractivity contribution >= 4 is 0 Å². The highest BCUT2D eigenvalue weighted by atomic mass is 19.4. The van der Waals surface area contributed by atoms with Crippen molar-refractivity contribution in [1.29, 1.82) is 0 Å². The molecule has 1 heterocycles. The maximum Gasteiger partial charge on any atom is 0.414 e. The van der Waals surface area contributed by atoms with Gasteiger partial charge in [-0.05, 0) is 6.42 Å². The number of hydrogen-bond acceptors (Lipinski definition) is 2. The molecule has 0 aliphatic heterocycles. The number of nitrogens with zero attached hydrogens (tertiary/aromatic N) is 2. The molecular weight excluding hydrogens is 197 g/mol. The number of halogens is 3. The second kappa shape index (κ2) is 4.00. The number of alkyl halides is 3. The van der Waals surface area contributed by atoms with Crippen LogP contribution in [0, 0.1) is 0 Å². The third-order valence-electron chi connectivity index (χ3n) is 1.94. The van der Waals surface area contributed by atoms with E-state index in [2.05, 4.69) is 4.98 Å². The monoisotopic (exact) mass is 208 g/mol. The van der Waals surface area contributed by atoms with Crippen molar-refractivity contribution < 1.29 is 18.3 Å². The number of aliphatic hydroxyl groups excluding tert-OH is 1. The highest BCUT2D eigenvalue weighted by molar-refractivity contribution is 4.91. The van der Waals surface area contributed by atoms with E-state index in [0.29, 0.717) is 5.82 Å². The molecule has 0 saturated heterocycles. The first-order valence-electron chi connectivity index (χ1n) is 4.12. The SMILES string of the molecule is Cn1ccnc1CCC(O)C(F)(F)F. The Bertz CT molecular complexity index is 295. The Kier molecular flexibility index (Phi) is 3.15. The molecular formula is C8H11F3N2O. The van der Waals surface area contributed by atoms with Crippen LogP contribution in [0.25, 0.3) is 0 Å². The highest BCUT2D eigenvalue weighted by Gasteiger charge is 2.37. The Labute approximate surface area is 79.2 Å². The number of hydrogen-bond donors (Lipinski definition) is 1. The maximum atomic E-state index is 11.9. The lowest BCUT2D eigenvalue weighted by Gasteiger charge is -2.13. The average molecular weight is 208 g/mol. The van der Waals surface area contributed by atoms with Crippen molar-refractivity contribution in [3.05, 3.63) is 18.2 Å². The Hall–Kier alpha value is -1.04. The lowest BCUT2D eigenvalue weighted by molar-refractivity contribution is -0.205. The molecule has 0 fully saturated rings. The van der Waals surface area contributed by atoms with E-state index >= 15 is 0 Å². The highest BCUT2D eigenvalue weighted by Crippen LogP contribution is 2.23. The molecule has 0 aliphatic rings. The first-order valence-corrected chi connectivity index (χ1v) is 4.12. The summed E-state index contributed by atoms with van der Waals surface area (Å²) in [6, 6.07) is 0. The minimum absolute atomic E-state index is 0.115. The number of imidazole rings is 1. The molecule has 1 atom stereocenters. The zero-order chi connectivity index (χ0) is 10.8. The third kappa shape index (κ3) is 2.73. The summed E-state index contributed by atoms with van der Waals surface area (Å²) in [6.45, 7) is 0. The van der Waals surface area contributed by atoms with E-state index in [1.54, 1.807) is 17.8 Å². The molecule has 14 heavy (non-hydrogen) atoms. The predicted octanol–water partition coefficient (Wildman–Crippen LogP) is 1.28. The molecule has 1 unspecified atom stereocenters. The average Bonchev–Trinajstić information content (AvgIpc) is 2.45. The fraction of sp³-hybridized carbons (Fsp3) is 0.625. The van der Waals surface area contributed by atoms with E-state index in [4.69, 9.17) is 5.11 Å². The van der Waals surface area contributed by atoms with Crippen molar-refractivity contribution in [2.24, 2.45) is 7.05 Å². The Morgan fingerprint density at radius 2 is 2.21 bits per heavy atom. The van der Waals surface area contributed by atoms with Crippen LogP contribution in [0.3, 0.4) is 0 Å². The molecule has 3 nitrogen and oxygen atoms in total. The van der Waals surface area contributed by atoms with E-state index in [9.17, 15) is 13.2 Å². The molecule has 1 N–H and O–H groups in total. The predicted molar refractivity (Wildman–Crippen MR) is 43.6 cm³/mol.